The van der Waals surface area contributed by atoms with Crippen molar-refractivity contribution in [3.8, 4) is 0 Å². The molecule has 3 N–H and O–H groups in total. The van der Waals surface area contributed by atoms with E-state index in [0.717, 1.165) is 35.7 Å². The van der Waals surface area contributed by atoms with Gasteiger partial charge in [-0.05, 0) is 37.5 Å². The van der Waals surface area contributed by atoms with E-state index in [1.165, 1.54) is 0 Å². The molecule has 0 radical (unpaired) electrons. The minimum Gasteiger partial charge on any atom is -0.329 e. The van der Waals surface area contributed by atoms with Gasteiger partial charge in [0.25, 0.3) is 0 Å². The van der Waals surface area contributed by atoms with E-state index in [0.29, 0.717) is 11.4 Å². The smallest absolute Gasteiger partial charge is 0.241 e. The third-order valence-corrected chi connectivity index (χ3v) is 6.39. The zero-order chi connectivity index (χ0) is 14.1. The Labute approximate surface area is 135 Å². The van der Waals surface area contributed by atoms with Gasteiger partial charge in [0.15, 0.2) is 0 Å². The van der Waals surface area contributed by atoms with Crippen molar-refractivity contribution in [2.45, 2.75) is 43.0 Å². The Hall–Kier alpha value is -0.140. The molecular weight excluding hydrogens is 364 g/mol. The van der Waals surface area contributed by atoms with Crippen LogP contribution in [0.1, 0.15) is 31.2 Å². The van der Waals surface area contributed by atoms with Crippen molar-refractivity contribution in [1.82, 2.24) is 4.72 Å². The Kier molecular flexibility index (Phi) is 6.04. The van der Waals surface area contributed by atoms with E-state index in [-0.39, 0.29) is 12.4 Å². The number of sulfonamides is 1. The maximum Gasteiger partial charge on any atom is 0.241 e. The van der Waals surface area contributed by atoms with Gasteiger partial charge in [0.05, 0.1) is 4.90 Å². The monoisotopic (exact) mass is 382 g/mol. The van der Waals surface area contributed by atoms with Gasteiger partial charge in [0.2, 0.25) is 10.0 Å². The summed E-state index contributed by atoms with van der Waals surface area (Å²) >= 11 is 3.36. The summed E-state index contributed by atoms with van der Waals surface area (Å²) in [5.74, 6) is 0. The van der Waals surface area contributed by atoms with E-state index in [1.54, 1.807) is 19.1 Å². The Bertz CT molecular complexity index is 572. The first-order valence-electron chi connectivity index (χ1n) is 6.39. The first kappa shape index (κ1) is 17.9. The molecule has 0 spiro atoms. The molecule has 7 heteroatoms. The molecule has 114 valence electrons. The highest BCUT2D eigenvalue weighted by molar-refractivity contribution is 9.10. The topological polar surface area (TPSA) is 72.2 Å². The van der Waals surface area contributed by atoms with Crippen LogP contribution >= 0.6 is 28.3 Å². The Morgan fingerprint density at radius 1 is 1.35 bits per heavy atom. The summed E-state index contributed by atoms with van der Waals surface area (Å²) < 4.78 is 28.7. The molecule has 1 saturated carbocycles. The highest BCUT2D eigenvalue weighted by Crippen LogP contribution is 2.31. The van der Waals surface area contributed by atoms with Gasteiger partial charge in [-0.3, -0.25) is 0 Å². The molecule has 0 saturated heterocycles. The van der Waals surface area contributed by atoms with Gasteiger partial charge in [0.1, 0.15) is 0 Å². The van der Waals surface area contributed by atoms with Gasteiger partial charge >= 0.3 is 0 Å². The molecule has 1 aliphatic rings. The molecule has 20 heavy (non-hydrogen) atoms. The molecule has 0 unspecified atom stereocenters. The number of benzene rings is 1. The molecule has 0 aromatic heterocycles. The summed E-state index contributed by atoms with van der Waals surface area (Å²) in [4.78, 5) is 0.321. The first-order chi connectivity index (χ1) is 8.90. The van der Waals surface area contributed by atoms with E-state index in [2.05, 4.69) is 20.7 Å². The van der Waals surface area contributed by atoms with Crippen LogP contribution in [0, 0.1) is 6.92 Å². The molecular formula is C13H20BrClN2O2S. The van der Waals surface area contributed by atoms with Crippen LogP contribution in [0.5, 0.6) is 0 Å². The predicted octanol–water partition coefficient (Wildman–Crippen LogP) is 2.73. The number of rotatable bonds is 4. The van der Waals surface area contributed by atoms with Crippen LogP contribution in [0.15, 0.2) is 27.6 Å². The maximum atomic E-state index is 12.5. The Morgan fingerprint density at radius 2 is 1.95 bits per heavy atom. The molecule has 0 amide bonds. The van der Waals surface area contributed by atoms with Crippen molar-refractivity contribution in [3.63, 3.8) is 0 Å². The van der Waals surface area contributed by atoms with E-state index < -0.39 is 15.6 Å². The van der Waals surface area contributed by atoms with Crippen LogP contribution < -0.4 is 10.5 Å². The normalized spacial score (nSPS) is 17.8. The van der Waals surface area contributed by atoms with Crippen LogP contribution in [-0.2, 0) is 10.0 Å². The summed E-state index contributed by atoms with van der Waals surface area (Å²) in [6.07, 6.45) is 3.68. The number of nitrogens with two attached hydrogens (primary N) is 1. The maximum absolute atomic E-state index is 12.5. The van der Waals surface area contributed by atoms with Crippen molar-refractivity contribution in [3.05, 3.63) is 28.2 Å². The van der Waals surface area contributed by atoms with Crippen molar-refractivity contribution in [2.75, 3.05) is 6.54 Å². The van der Waals surface area contributed by atoms with Crippen molar-refractivity contribution in [2.24, 2.45) is 5.73 Å². The minimum absolute atomic E-state index is 0. The van der Waals surface area contributed by atoms with Gasteiger partial charge in [0, 0.05) is 16.6 Å². The first-order valence-corrected chi connectivity index (χ1v) is 8.67. The third kappa shape index (κ3) is 3.54. The fourth-order valence-corrected chi connectivity index (χ4v) is 4.85. The zero-order valence-corrected chi connectivity index (χ0v) is 14.6. The molecule has 4 nitrogen and oxygen atoms in total. The SMILES string of the molecule is Cc1c(Br)cccc1S(=O)(=O)NC1(CN)CCCC1.Cl. The molecule has 2 rings (SSSR count). The average molecular weight is 384 g/mol. The second kappa shape index (κ2) is 6.75. The van der Waals surface area contributed by atoms with Gasteiger partial charge in [-0.2, -0.15) is 0 Å². The van der Waals surface area contributed by atoms with Crippen LogP contribution in [-0.4, -0.2) is 20.5 Å². The number of nitrogens with one attached hydrogen (secondary N) is 1. The quantitative estimate of drug-likeness (QED) is 0.839. The number of hydrogen-bond donors (Lipinski definition) is 2. The zero-order valence-electron chi connectivity index (χ0n) is 11.4. The van der Waals surface area contributed by atoms with Crippen LogP contribution in [0.3, 0.4) is 0 Å². The van der Waals surface area contributed by atoms with E-state index in [1.807, 2.05) is 6.07 Å². The third-order valence-electron chi connectivity index (χ3n) is 3.81. The van der Waals surface area contributed by atoms with E-state index >= 15 is 0 Å². The summed E-state index contributed by atoms with van der Waals surface area (Å²) in [6.45, 7) is 2.14. The Morgan fingerprint density at radius 3 is 2.50 bits per heavy atom. The summed E-state index contributed by atoms with van der Waals surface area (Å²) in [5, 5.41) is 0. The Balaban J connectivity index is 0.00000200. The lowest BCUT2D eigenvalue weighted by Crippen LogP contribution is -2.51. The average Bonchev–Trinajstić information content (AvgIpc) is 2.81. The molecule has 1 aromatic rings. The summed E-state index contributed by atoms with van der Waals surface area (Å²) in [7, 11) is -3.53. The summed E-state index contributed by atoms with van der Waals surface area (Å²) in [5.41, 5.74) is 6.04. The van der Waals surface area contributed by atoms with Gasteiger partial charge in [-0.25, -0.2) is 13.1 Å². The van der Waals surface area contributed by atoms with Gasteiger partial charge in [-0.15, -0.1) is 12.4 Å². The molecule has 1 fully saturated rings. The van der Waals surface area contributed by atoms with Crippen LogP contribution in [0.2, 0.25) is 0 Å². The summed E-state index contributed by atoms with van der Waals surface area (Å²) in [6, 6.07) is 5.19. The highest BCUT2D eigenvalue weighted by atomic mass is 79.9. The standard InChI is InChI=1S/C13H19BrN2O2S.ClH/c1-10-11(14)5-4-6-12(10)19(17,18)16-13(9-15)7-2-3-8-13;/h4-6,16H,2-3,7-9,15H2,1H3;1H. The highest BCUT2D eigenvalue weighted by Gasteiger charge is 2.37. The van der Waals surface area contributed by atoms with Crippen LogP contribution in [0.4, 0.5) is 0 Å². The van der Waals surface area contributed by atoms with E-state index in [4.69, 9.17) is 5.73 Å². The second-order valence-electron chi connectivity index (χ2n) is 5.16. The molecule has 0 bridgehead atoms. The largest absolute Gasteiger partial charge is 0.329 e. The second-order valence-corrected chi connectivity index (χ2v) is 7.67. The lowest BCUT2D eigenvalue weighted by molar-refractivity contribution is 0.399. The number of hydrogen-bond acceptors (Lipinski definition) is 3. The minimum atomic E-state index is -3.53. The molecule has 1 aromatic carbocycles. The fraction of sp³-hybridized carbons (Fsp3) is 0.538. The van der Waals surface area contributed by atoms with Crippen molar-refractivity contribution in [1.29, 1.82) is 0 Å². The van der Waals surface area contributed by atoms with Gasteiger partial charge < -0.3 is 5.73 Å². The predicted molar refractivity (Wildman–Crippen MR) is 86.7 cm³/mol. The molecule has 0 atom stereocenters. The number of halogens is 2. The molecule has 1 aliphatic carbocycles. The lowest BCUT2D eigenvalue weighted by atomic mass is 10.0. The van der Waals surface area contributed by atoms with Gasteiger partial charge in [-0.1, -0.05) is 34.8 Å². The molecule has 0 aliphatic heterocycles. The van der Waals surface area contributed by atoms with Crippen LogP contribution in [0.25, 0.3) is 0 Å². The lowest BCUT2D eigenvalue weighted by Gasteiger charge is -2.28. The van der Waals surface area contributed by atoms with Crippen molar-refractivity contribution < 1.29 is 8.42 Å². The fourth-order valence-electron chi connectivity index (χ4n) is 2.62. The van der Waals surface area contributed by atoms with E-state index in [9.17, 15) is 8.42 Å². The van der Waals surface area contributed by atoms with Crippen molar-refractivity contribution >= 4 is 38.4 Å². The molecule has 0 heterocycles.